The van der Waals surface area contributed by atoms with Crippen LogP contribution in [-0.2, 0) is 4.79 Å². The summed E-state index contributed by atoms with van der Waals surface area (Å²) in [5, 5.41) is 20.9. The molecule has 3 heteroatoms. The van der Waals surface area contributed by atoms with Crippen LogP contribution in [0.2, 0.25) is 0 Å². The molecule has 3 aliphatic carbocycles. The van der Waals surface area contributed by atoms with Gasteiger partial charge in [0.25, 0.3) is 0 Å². The van der Waals surface area contributed by atoms with E-state index in [1.54, 1.807) is 6.08 Å². The summed E-state index contributed by atoms with van der Waals surface area (Å²) in [4.78, 5) is 11.7. The predicted octanol–water partition coefficient (Wildman–Crippen LogP) is 2.46. The van der Waals surface area contributed by atoms with E-state index in [1.807, 2.05) is 0 Å². The van der Waals surface area contributed by atoms with Gasteiger partial charge in [-0.25, -0.2) is 0 Å². The summed E-state index contributed by atoms with van der Waals surface area (Å²) in [7, 11) is 0. The summed E-state index contributed by atoms with van der Waals surface area (Å²) in [6.07, 6.45) is 4.87. The SMILES string of the molecule is CC1(C)[C@H](O)CC[C@@]2(C)[C@@H]3CCC(=O)C=C3[C@@H](O)C[C@H]12. The quantitative estimate of drug-likeness (QED) is 0.715. The third-order valence-electron chi connectivity index (χ3n) is 6.56. The van der Waals surface area contributed by atoms with Crippen LogP contribution in [0.1, 0.15) is 52.9 Å². The third kappa shape index (κ3) is 1.82. The lowest BCUT2D eigenvalue weighted by molar-refractivity contribution is -0.144. The van der Waals surface area contributed by atoms with Gasteiger partial charge in [0.2, 0.25) is 0 Å². The molecule has 3 nitrogen and oxygen atoms in total. The van der Waals surface area contributed by atoms with Crippen LogP contribution in [0.3, 0.4) is 0 Å². The van der Waals surface area contributed by atoms with Gasteiger partial charge in [0.05, 0.1) is 12.2 Å². The smallest absolute Gasteiger partial charge is 0.155 e. The fraction of sp³-hybridized carbons (Fsp3) is 0.824. The van der Waals surface area contributed by atoms with E-state index >= 15 is 0 Å². The van der Waals surface area contributed by atoms with E-state index in [2.05, 4.69) is 20.8 Å². The highest BCUT2D eigenvalue weighted by Crippen LogP contribution is 2.62. The minimum absolute atomic E-state index is 0.106. The first-order valence-corrected chi connectivity index (χ1v) is 7.87. The predicted molar refractivity (Wildman–Crippen MR) is 77.1 cm³/mol. The van der Waals surface area contributed by atoms with Gasteiger partial charge in [0.15, 0.2) is 5.78 Å². The average Bonchev–Trinajstić information content (AvgIpc) is 2.38. The van der Waals surface area contributed by atoms with Crippen molar-refractivity contribution in [1.29, 1.82) is 0 Å². The molecule has 0 amide bonds. The second kappa shape index (κ2) is 4.41. The number of fused-ring (bicyclic) bond motifs is 3. The Bertz CT molecular complexity index is 465. The second-order valence-corrected chi connectivity index (χ2v) is 7.89. The molecule has 3 aliphatic rings. The summed E-state index contributed by atoms with van der Waals surface area (Å²) in [6.45, 7) is 6.58. The Hall–Kier alpha value is -0.670. The van der Waals surface area contributed by atoms with Crippen LogP contribution in [0, 0.1) is 22.7 Å². The molecule has 112 valence electrons. The Morgan fingerprint density at radius 2 is 1.90 bits per heavy atom. The van der Waals surface area contributed by atoms with Crippen molar-refractivity contribution >= 4 is 5.78 Å². The van der Waals surface area contributed by atoms with Crippen molar-refractivity contribution in [2.24, 2.45) is 22.7 Å². The van der Waals surface area contributed by atoms with Crippen molar-refractivity contribution in [2.45, 2.75) is 65.1 Å². The van der Waals surface area contributed by atoms with Gasteiger partial charge < -0.3 is 10.2 Å². The number of aliphatic hydroxyl groups excluding tert-OH is 2. The van der Waals surface area contributed by atoms with Crippen LogP contribution in [0.15, 0.2) is 11.6 Å². The van der Waals surface area contributed by atoms with E-state index in [9.17, 15) is 15.0 Å². The number of carbonyl (C=O) groups is 1. The van der Waals surface area contributed by atoms with Gasteiger partial charge in [-0.05, 0) is 60.0 Å². The molecule has 20 heavy (non-hydrogen) atoms. The Morgan fingerprint density at radius 1 is 1.20 bits per heavy atom. The van der Waals surface area contributed by atoms with Gasteiger partial charge in [-0.3, -0.25) is 4.79 Å². The molecule has 0 aromatic heterocycles. The molecule has 0 bridgehead atoms. The van der Waals surface area contributed by atoms with E-state index in [-0.39, 0.29) is 22.7 Å². The first-order valence-electron chi connectivity index (χ1n) is 7.87. The first kappa shape index (κ1) is 14.3. The standard InChI is InChI=1S/C17H26O3/c1-16(2)14-9-13(19)11-8-10(18)4-5-12(11)17(14,3)7-6-15(16)20/h8,12-15,19-20H,4-7,9H2,1-3H3/t12-,13+,14-,15-,17+/m1/s1. The van der Waals surface area contributed by atoms with Crippen LogP contribution in [0.5, 0.6) is 0 Å². The maximum Gasteiger partial charge on any atom is 0.155 e. The molecular formula is C17H26O3. The summed E-state index contributed by atoms with van der Waals surface area (Å²) in [6, 6.07) is 0. The van der Waals surface area contributed by atoms with Crippen molar-refractivity contribution in [3.05, 3.63) is 11.6 Å². The lowest BCUT2D eigenvalue weighted by Gasteiger charge is -2.60. The summed E-state index contributed by atoms with van der Waals surface area (Å²) in [5.41, 5.74) is 0.905. The van der Waals surface area contributed by atoms with Gasteiger partial charge >= 0.3 is 0 Å². The summed E-state index contributed by atoms with van der Waals surface area (Å²) < 4.78 is 0. The lowest BCUT2D eigenvalue weighted by atomic mass is 9.45. The molecule has 0 saturated heterocycles. The average molecular weight is 278 g/mol. The Morgan fingerprint density at radius 3 is 2.60 bits per heavy atom. The number of carbonyl (C=O) groups excluding carboxylic acids is 1. The van der Waals surface area contributed by atoms with Crippen LogP contribution >= 0.6 is 0 Å². The van der Waals surface area contributed by atoms with Gasteiger partial charge in [-0.2, -0.15) is 0 Å². The number of aliphatic hydroxyl groups is 2. The molecule has 0 heterocycles. The molecule has 5 atom stereocenters. The van der Waals surface area contributed by atoms with Crippen molar-refractivity contribution < 1.29 is 15.0 Å². The van der Waals surface area contributed by atoms with E-state index in [4.69, 9.17) is 0 Å². The molecule has 0 aliphatic heterocycles. The minimum Gasteiger partial charge on any atom is -0.393 e. The zero-order valence-electron chi connectivity index (χ0n) is 12.7. The van der Waals surface area contributed by atoms with Crippen LogP contribution in [0.4, 0.5) is 0 Å². The highest BCUT2D eigenvalue weighted by atomic mass is 16.3. The molecule has 0 unspecified atom stereocenters. The topological polar surface area (TPSA) is 57.5 Å². The van der Waals surface area contributed by atoms with E-state index in [0.717, 1.165) is 24.8 Å². The Kier molecular flexibility index (Phi) is 3.15. The fourth-order valence-electron chi connectivity index (χ4n) is 5.28. The van der Waals surface area contributed by atoms with Gasteiger partial charge in [0.1, 0.15) is 0 Å². The van der Waals surface area contributed by atoms with E-state index < -0.39 is 6.10 Å². The maximum absolute atomic E-state index is 11.7. The summed E-state index contributed by atoms with van der Waals surface area (Å²) >= 11 is 0. The maximum atomic E-state index is 11.7. The van der Waals surface area contributed by atoms with E-state index in [0.29, 0.717) is 24.7 Å². The Labute approximate surface area is 121 Å². The van der Waals surface area contributed by atoms with Crippen molar-refractivity contribution in [3.8, 4) is 0 Å². The second-order valence-electron chi connectivity index (χ2n) is 7.89. The highest BCUT2D eigenvalue weighted by molar-refractivity contribution is 5.91. The van der Waals surface area contributed by atoms with E-state index in [1.165, 1.54) is 0 Å². The normalized spacial score (nSPS) is 47.2. The molecule has 2 saturated carbocycles. The third-order valence-corrected chi connectivity index (χ3v) is 6.56. The van der Waals surface area contributed by atoms with Gasteiger partial charge in [-0.15, -0.1) is 0 Å². The molecular weight excluding hydrogens is 252 g/mol. The first-order chi connectivity index (χ1) is 9.26. The number of hydrogen-bond donors (Lipinski definition) is 2. The molecule has 0 spiro atoms. The zero-order valence-corrected chi connectivity index (χ0v) is 12.7. The van der Waals surface area contributed by atoms with Crippen LogP contribution in [-0.4, -0.2) is 28.2 Å². The van der Waals surface area contributed by atoms with Crippen molar-refractivity contribution in [3.63, 3.8) is 0 Å². The summed E-state index contributed by atoms with van der Waals surface area (Å²) in [5.74, 6) is 0.775. The zero-order chi connectivity index (χ0) is 14.7. The number of allylic oxidation sites excluding steroid dienone is 1. The monoisotopic (exact) mass is 278 g/mol. The molecule has 2 N–H and O–H groups in total. The highest BCUT2D eigenvalue weighted by Gasteiger charge is 2.58. The van der Waals surface area contributed by atoms with Gasteiger partial charge in [0, 0.05) is 6.42 Å². The van der Waals surface area contributed by atoms with Crippen molar-refractivity contribution in [2.75, 3.05) is 0 Å². The molecule has 2 fully saturated rings. The molecule has 3 rings (SSSR count). The molecule has 0 aromatic rings. The number of hydrogen-bond acceptors (Lipinski definition) is 3. The molecule has 0 aromatic carbocycles. The van der Waals surface area contributed by atoms with Crippen LogP contribution < -0.4 is 0 Å². The largest absolute Gasteiger partial charge is 0.393 e. The Balaban J connectivity index is 2.04. The molecule has 0 radical (unpaired) electrons. The number of rotatable bonds is 0. The van der Waals surface area contributed by atoms with Gasteiger partial charge in [-0.1, -0.05) is 20.8 Å². The number of ketones is 1. The fourth-order valence-corrected chi connectivity index (χ4v) is 5.28. The lowest BCUT2D eigenvalue weighted by Crippen LogP contribution is -2.57. The van der Waals surface area contributed by atoms with Crippen LogP contribution in [0.25, 0.3) is 0 Å². The minimum atomic E-state index is -0.508. The van der Waals surface area contributed by atoms with Crippen molar-refractivity contribution in [1.82, 2.24) is 0 Å².